The van der Waals surface area contributed by atoms with Gasteiger partial charge in [-0.2, -0.15) is 0 Å². The fraction of sp³-hybridized carbons (Fsp3) is 0. The molecular formula is C52H30O2. The Balaban J connectivity index is 1.16. The third-order valence-electron chi connectivity index (χ3n) is 11.4. The van der Waals surface area contributed by atoms with Crippen molar-refractivity contribution in [2.45, 2.75) is 0 Å². The van der Waals surface area contributed by atoms with E-state index in [-0.39, 0.29) is 0 Å². The first-order chi connectivity index (χ1) is 26.8. The Morgan fingerprint density at radius 1 is 0.278 bits per heavy atom. The minimum absolute atomic E-state index is 0.859. The van der Waals surface area contributed by atoms with Crippen LogP contribution in [-0.2, 0) is 0 Å². The summed E-state index contributed by atoms with van der Waals surface area (Å²) in [6, 6.07) is 65.6. The molecule has 12 rings (SSSR count). The molecule has 0 bridgehead atoms. The highest BCUT2D eigenvalue weighted by molar-refractivity contribution is 6.29. The summed E-state index contributed by atoms with van der Waals surface area (Å²) in [4.78, 5) is 0. The van der Waals surface area contributed by atoms with Crippen LogP contribution in [0.5, 0.6) is 0 Å². The molecule has 0 aliphatic rings. The topological polar surface area (TPSA) is 26.3 Å². The van der Waals surface area contributed by atoms with Crippen LogP contribution in [0.1, 0.15) is 0 Å². The Morgan fingerprint density at radius 3 is 1.54 bits per heavy atom. The highest BCUT2D eigenvalue weighted by atomic mass is 16.3. The van der Waals surface area contributed by atoms with Crippen LogP contribution >= 0.6 is 0 Å². The van der Waals surface area contributed by atoms with E-state index in [0.717, 1.165) is 60.4 Å². The molecule has 2 heteroatoms. The van der Waals surface area contributed by atoms with E-state index in [0.29, 0.717) is 0 Å². The molecule has 2 aromatic heterocycles. The average molecular weight is 687 g/mol. The van der Waals surface area contributed by atoms with Crippen LogP contribution in [0.2, 0.25) is 0 Å². The molecule has 0 saturated carbocycles. The molecule has 2 nitrogen and oxygen atoms in total. The summed E-state index contributed by atoms with van der Waals surface area (Å²) in [6.07, 6.45) is 0. The van der Waals surface area contributed by atoms with Crippen molar-refractivity contribution in [3.05, 3.63) is 182 Å². The van der Waals surface area contributed by atoms with Crippen molar-refractivity contribution in [1.82, 2.24) is 0 Å². The van der Waals surface area contributed by atoms with Crippen LogP contribution < -0.4 is 0 Å². The van der Waals surface area contributed by atoms with Crippen molar-refractivity contribution in [1.29, 1.82) is 0 Å². The standard InChI is InChI=1S/C52H30O2/c1-3-18-35-31(13-1)15-12-25-37(35)49-40-22-7-5-20-38(40)47(39-21-6-8-23-41(39)49)33-16-11-17-34(29-33)48-36-19-4-2-14-32(36)30-43-51-46(54-52(43)48)28-27-45-50(51)42-24-9-10-26-44(42)53-45/h1-30H. The number of hydrogen-bond donors (Lipinski definition) is 0. The SMILES string of the molecule is c1cc(-c2c3ccccc3c(-c3cccc4ccccc34)c3ccccc23)cc(-c2c3ccccc3cc3c2oc2ccc4oc5ccccc5c4c23)c1. The van der Waals surface area contributed by atoms with E-state index in [1.165, 1.54) is 60.0 Å². The lowest BCUT2D eigenvalue weighted by Gasteiger charge is -2.19. The highest BCUT2D eigenvalue weighted by Gasteiger charge is 2.22. The van der Waals surface area contributed by atoms with Crippen LogP contribution in [-0.4, -0.2) is 0 Å². The summed E-state index contributed by atoms with van der Waals surface area (Å²) >= 11 is 0. The number of furan rings is 2. The van der Waals surface area contributed by atoms with Gasteiger partial charge in [0.25, 0.3) is 0 Å². The smallest absolute Gasteiger partial charge is 0.143 e. The van der Waals surface area contributed by atoms with Crippen molar-refractivity contribution in [2.75, 3.05) is 0 Å². The van der Waals surface area contributed by atoms with E-state index in [2.05, 4.69) is 164 Å². The van der Waals surface area contributed by atoms with Crippen molar-refractivity contribution in [3.8, 4) is 33.4 Å². The van der Waals surface area contributed by atoms with Gasteiger partial charge in [0.15, 0.2) is 0 Å². The lowest BCUT2D eigenvalue weighted by atomic mass is 9.84. The molecule has 250 valence electrons. The van der Waals surface area contributed by atoms with Gasteiger partial charge in [-0.05, 0) is 101 Å². The van der Waals surface area contributed by atoms with Crippen molar-refractivity contribution < 1.29 is 8.83 Å². The van der Waals surface area contributed by atoms with Gasteiger partial charge in [0, 0.05) is 27.1 Å². The molecule has 54 heavy (non-hydrogen) atoms. The number of fused-ring (bicyclic) bond motifs is 11. The Kier molecular flexibility index (Phi) is 6.09. The van der Waals surface area contributed by atoms with E-state index in [1.807, 2.05) is 18.2 Å². The summed E-state index contributed by atoms with van der Waals surface area (Å²) in [7, 11) is 0. The largest absolute Gasteiger partial charge is 0.456 e. The fourth-order valence-electron chi connectivity index (χ4n) is 9.17. The summed E-state index contributed by atoms with van der Waals surface area (Å²) in [5, 5.41) is 14.2. The van der Waals surface area contributed by atoms with Gasteiger partial charge in [0.2, 0.25) is 0 Å². The lowest BCUT2D eigenvalue weighted by Crippen LogP contribution is -1.92. The van der Waals surface area contributed by atoms with Gasteiger partial charge in [-0.25, -0.2) is 0 Å². The zero-order chi connectivity index (χ0) is 35.3. The van der Waals surface area contributed by atoms with Crippen LogP contribution in [0.25, 0.3) is 120 Å². The molecule has 0 spiro atoms. The van der Waals surface area contributed by atoms with E-state index in [9.17, 15) is 0 Å². The summed E-state index contributed by atoms with van der Waals surface area (Å²) in [6.45, 7) is 0. The monoisotopic (exact) mass is 686 g/mol. The van der Waals surface area contributed by atoms with Gasteiger partial charge in [-0.3, -0.25) is 0 Å². The predicted octanol–water partition coefficient (Wildman–Crippen LogP) is 15.1. The van der Waals surface area contributed by atoms with E-state index in [4.69, 9.17) is 8.83 Å². The third-order valence-corrected chi connectivity index (χ3v) is 11.4. The van der Waals surface area contributed by atoms with E-state index >= 15 is 0 Å². The molecule has 0 fully saturated rings. The van der Waals surface area contributed by atoms with Crippen LogP contribution in [0.15, 0.2) is 191 Å². The number of para-hydroxylation sites is 1. The molecule has 0 atom stereocenters. The molecule has 12 aromatic rings. The summed E-state index contributed by atoms with van der Waals surface area (Å²) in [5.41, 5.74) is 10.7. The summed E-state index contributed by atoms with van der Waals surface area (Å²) in [5.74, 6) is 0. The zero-order valence-corrected chi connectivity index (χ0v) is 29.1. The Morgan fingerprint density at radius 2 is 0.796 bits per heavy atom. The minimum Gasteiger partial charge on any atom is -0.456 e. The Hall–Kier alpha value is -7.16. The predicted molar refractivity (Wildman–Crippen MR) is 227 cm³/mol. The Labute approximate surface area is 310 Å². The lowest BCUT2D eigenvalue weighted by molar-refractivity contribution is 0.663. The van der Waals surface area contributed by atoms with Crippen molar-refractivity contribution >= 4 is 87.0 Å². The highest BCUT2D eigenvalue weighted by Crippen LogP contribution is 2.48. The number of hydrogen-bond acceptors (Lipinski definition) is 2. The van der Waals surface area contributed by atoms with Gasteiger partial charge < -0.3 is 8.83 Å². The Bertz CT molecular complexity index is 3440. The normalized spacial score (nSPS) is 12.1. The second-order valence-corrected chi connectivity index (χ2v) is 14.3. The zero-order valence-electron chi connectivity index (χ0n) is 29.1. The third kappa shape index (κ3) is 4.11. The second-order valence-electron chi connectivity index (χ2n) is 14.3. The van der Waals surface area contributed by atoms with Gasteiger partial charge in [0.05, 0.1) is 0 Å². The molecule has 10 aromatic carbocycles. The van der Waals surface area contributed by atoms with Gasteiger partial charge in [-0.1, -0.05) is 152 Å². The fourth-order valence-corrected chi connectivity index (χ4v) is 9.17. The van der Waals surface area contributed by atoms with E-state index in [1.54, 1.807) is 0 Å². The molecule has 0 aliphatic carbocycles. The molecular weight excluding hydrogens is 657 g/mol. The van der Waals surface area contributed by atoms with Crippen molar-refractivity contribution in [2.24, 2.45) is 0 Å². The number of benzene rings is 10. The van der Waals surface area contributed by atoms with Gasteiger partial charge in [-0.15, -0.1) is 0 Å². The molecule has 0 aliphatic heterocycles. The van der Waals surface area contributed by atoms with Crippen LogP contribution in [0.3, 0.4) is 0 Å². The maximum atomic E-state index is 6.92. The maximum Gasteiger partial charge on any atom is 0.143 e. The quantitative estimate of drug-likeness (QED) is 0.173. The van der Waals surface area contributed by atoms with E-state index < -0.39 is 0 Å². The minimum atomic E-state index is 0.859. The average Bonchev–Trinajstić information content (AvgIpc) is 3.79. The van der Waals surface area contributed by atoms with Crippen LogP contribution in [0.4, 0.5) is 0 Å². The maximum absolute atomic E-state index is 6.92. The van der Waals surface area contributed by atoms with Crippen molar-refractivity contribution in [3.63, 3.8) is 0 Å². The first kappa shape index (κ1) is 29.4. The first-order valence-corrected chi connectivity index (χ1v) is 18.5. The second kappa shape index (κ2) is 11.2. The van der Waals surface area contributed by atoms with Crippen LogP contribution in [0, 0.1) is 0 Å². The van der Waals surface area contributed by atoms with Gasteiger partial charge >= 0.3 is 0 Å². The molecule has 2 heterocycles. The first-order valence-electron chi connectivity index (χ1n) is 18.5. The number of rotatable bonds is 3. The molecule has 0 saturated heterocycles. The molecule has 0 N–H and O–H groups in total. The molecule has 0 amide bonds. The summed E-state index contributed by atoms with van der Waals surface area (Å²) < 4.78 is 13.2. The van der Waals surface area contributed by atoms with Gasteiger partial charge in [0.1, 0.15) is 22.3 Å². The molecule has 0 radical (unpaired) electrons. The molecule has 0 unspecified atom stereocenters.